The second kappa shape index (κ2) is 40.2. The molecule has 6 nitrogen and oxygen atoms in total. The summed E-state index contributed by atoms with van der Waals surface area (Å²) in [5.74, 6) is -0.861. The van der Waals surface area contributed by atoms with Crippen LogP contribution in [0.25, 0.3) is 0 Å². The Morgan fingerprint density at radius 1 is 0.320 bits per heavy atom. The molecule has 0 aromatic carbocycles. The van der Waals surface area contributed by atoms with Crippen molar-refractivity contribution in [1.82, 2.24) is 0 Å². The van der Waals surface area contributed by atoms with Gasteiger partial charge in [0.2, 0.25) is 0 Å². The first kappa shape index (κ1) is 48.4. The summed E-state index contributed by atoms with van der Waals surface area (Å²) in [6.07, 6.45) is 39.5. The molecule has 0 unspecified atom stereocenters. The molecule has 6 heteroatoms. The van der Waals surface area contributed by atoms with E-state index in [1.165, 1.54) is 148 Å². The summed E-state index contributed by atoms with van der Waals surface area (Å²) in [4.78, 5) is 37.5. The highest BCUT2D eigenvalue weighted by Crippen LogP contribution is 2.15. The second-order valence-electron chi connectivity index (χ2n) is 15.0. The fourth-order valence-corrected chi connectivity index (χ4v) is 6.50. The standard InChI is InChI=1S/C44H84O6/c1-4-7-10-13-16-18-20-22-24-26-29-31-34-37-43(46)49-40-41(50-44(47)38-35-32-27-15-12-9-6-3)39-48-42(45)36-33-30-28-25-23-21-19-17-14-11-8-5-2/h41H,4-40H2,1-3H3/t41-/m0/s1. The van der Waals surface area contributed by atoms with E-state index in [2.05, 4.69) is 20.8 Å². The maximum atomic E-state index is 12.6. The Morgan fingerprint density at radius 2 is 0.540 bits per heavy atom. The summed E-state index contributed by atoms with van der Waals surface area (Å²) < 4.78 is 16.6. The molecule has 0 saturated heterocycles. The Kier molecular flexibility index (Phi) is 38.9. The van der Waals surface area contributed by atoms with Gasteiger partial charge in [-0.25, -0.2) is 0 Å². The molecule has 0 fully saturated rings. The molecule has 0 N–H and O–H groups in total. The van der Waals surface area contributed by atoms with Crippen molar-refractivity contribution in [3.8, 4) is 0 Å². The van der Waals surface area contributed by atoms with Gasteiger partial charge >= 0.3 is 17.9 Å². The molecule has 296 valence electrons. The quantitative estimate of drug-likeness (QED) is 0.0358. The first-order chi connectivity index (χ1) is 24.5. The average Bonchev–Trinajstić information content (AvgIpc) is 3.11. The number of carbonyl (C=O) groups is 3. The van der Waals surface area contributed by atoms with Crippen LogP contribution in [-0.2, 0) is 28.6 Å². The fraction of sp³-hybridized carbons (Fsp3) is 0.932. The molecule has 0 aromatic heterocycles. The number of hydrogen-bond acceptors (Lipinski definition) is 6. The van der Waals surface area contributed by atoms with Gasteiger partial charge in [-0.3, -0.25) is 14.4 Å². The molecule has 0 saturated carbocycles. The van der Waals surface area contributed by atoms with Gasteiger partial charge in [0.05, 0.1) is 0 Å². The molecule has 50 heavy (non-hydrogen) atoms. The normalized spacial score (nSPS) is 11.8. The van der Waals surface area contributed by atoms with Crippen molar-refractivity contribution in [3.05, 3.63) is 0 Å². The number of hydrogen-bond donors (Lipinski definition) is 0. The van der Waals surface area contributed by atoms with Crippen molar-refractivity contribution in [3.63, 3.8) is 0 Å². The Bertz CT molecular complexity index is 738. The van der Waals surface area contributed by atoms with Crippen molar-refractivity contribution in [2.45, 2.75) is 252 Å². The minimum atomic E-state index is -0.756. The van der Waals surface area contributed by atoms with Crippen molar-refractivity contribution in [1.29, 1.82) is 0 Å². The van der Waals surface area contributed by atoms with Gasteiger partial charge in [-0.15, -0.1) is 0 Å². The van der Waals surface area contributed by atoms with Crippen molar-refractivity contribution in [2.24, 2.45) is 0 Å². The summed E-state index contributed by atoms with van der Waals surface area (Å²) in [7, 11) is 0. The Morgan fingerprint density at radius 3 is 0.800 bits per heavy atom. The predicted molar refractivity (Wildman–Crippen MR) is 210 cm³/mol. The van der Waals surface area contributed by atoms with Gasteiger partial charge in [-0.2, -0.15) is 0 Å². The van der Waals surface area contributed by atoms with E-state index in [1.54, 1.807) is 0 Å². The molecule has 0 radical (unpaired) electrons. The lowest BCUT2D eigenvalue weighted by molar-refractivity contribution is -0.167. The zero-order valence-corrected chi connectivity index (χ0v) is 33.7. The summed E-state index contributed by atoms with van der Waals surface area (Å²) in [5.41, 5.74) is 0. The highest BCUT2D eigenvalue weighted by atomic mass is 16.6. The molecule has 0 heterocycles. The van der Waals surface area contributed by atoms with Crippen LogP contribution in [0.2, 0.25) is 0 Å². The van der Waals surface area contributed by atoms with E-state index >= 15 is 0 Å². The van der Waals surface area contributed by atoms with Crippen LogP contribution >= 0.6 is 0 Å². The van der Waals surface area contributed by atoms with Crippen molar-refractivity contribution >= 4 is 17.9 Å². The van der Waals surface area contributed by atoms with Crippen LogP contribution in [0.15, 0.2) is 0 Å². The molecule has 0 aliphatic carbocycles. The topological polar surface area (TPSA) is 78.9 Å². The van der Waals surface area contributed by atoms with Gasteiger partial charge in [-0.1, -0.05) is 207 Å². The maximum Gasteiger partial charge on any atom is 0.306 e. The van der Waals surface area contributed by atoms with Gasteiger partial charge in [0.25, 0.3) is 0 Å². The average molecular weight is 709 g/mol. The summed E-state index contributed by atoms with van der Waals surface area (Å²) in [5, 5.41) is 0. The third kappa shape index (κ3) is 37.7. The minimum absolute atomic E-state index is 0.0636. The van der Waals surface area contributed by atoms with Gasteiger partial charge < -0.3 is 14.2 Å². The van der Waals surface area contributed by atoms with Gasteiger partial charge in [0, 0.05) is 19.3 Å². The summed E-state index contributed by atoms with van der Waals surface area (Å²) in [6.45, 7) is 6.60. The Labute approximate surface area is 310 Å². The van der Waals surface area contributed by atoms with E-state index < -0.39 is 6.10 Å². The third-order valence-electron chi connectivity index (χ3n) is 9.86. The van der Waals surface area contributed by atoms with Crippen LogP contribution in [0.1, 0.15) is 245 Å². The van der Waals surface area contributed by atoms with Crippen LogP contribution in [0, 0.1) is 0 Å². The Hall–Kier alpha value is -1.59. The van der Waals surface area contributed by atoms with E-state index in [0.717, 1.165) is 57.8 Å². The molecule has 0 rings (SSSR count). The minimum Gasteiger partial charge on any atom is -0.462 e. The zero-order valence-electron chi connectivity index (χ0n) is 33.7. The van der Waals surface area contributed by atoms with Gasteiger partial charge in [-0.05, 0) is 19.3 Å². The lowest BCUT2D eigenvalue weighted by Gasteiger charge is -2.18. The van der Waals surface area contributed by atoms with Crippen molar-refractivity contribution < 1.29 is 28.6 Å². The SMILES string of the molecule is CCCCCCCCCCCCCCCC(=O)OC[C@H](COC(=O)CCCCCCCCCCCCCC)OC(=O)CCCCCCCCC. The highest BCUT2D eigenvalue weighted by molar-refractivity contribution is 5.71. The first-order valence-corrected chi connectivity index (χ1v) is 22.0. The molecule has 0 spiro atoms. The van der Waals surface area contributed by atoms with E-state index in [-0.39, 0.29) is 31.1 Å². The van der Waals surface area contributed by atoms with E-state index in [1.807, 2.05) is 0 Å². The third-order valence-corrected chi connectivity index (χ3v) is 9.86. The number of carbonyl (C=O) groups excluding carboxylic acids is 3. The fourth-order valence-electron chi connectivity index (χ4n) is 6.50. The number of esters is 3. The molecular formula is C44H84O6. The summed E-state index contributed by atoms with van der Waals surface area (Å²) in [6, 6.07) is 0. The smallest absolute Gasteiger partial charge is 0.306 e. The molecule has 0 aromatic rings. The predicted octanol–water partition coefficient (Wildman–Crippen LogP) is 13.7. The van der Waals surface area contributed by atoms with Gasteiger partial charge in [0.15, 0.2) is 6.10 Å². The highest BCUT2D eigenvalue weighted by Gasteiger charge is 2.19. The molecule has 0 aliphatic rings. The lowest BCUT2D eigenvalue weighted by atomic mass is 10.0. The molecule has 1 atom stereocenters. The van der Waals surface area contributed by atoms with Crippen LogP contribution in [-0.4, -0.2) is 37.2 Å². The zero-order chi connectivity index (χ0) is 36.6. The molecule has 0 bridgehead atoms. The molecule has 0 aliphatic heterocycles. The van der Waals surface area contributed by atoms with E-state index in [4.69, 9.17) is 14.2 Å². The van der Waals surface area contributed by atoms with E-state index in [9.17, 15) is 14.4 Å². The summed E-state index contributed by atoms with van der Waals surface area (Å²) >= 11 is 0. The van der Waals surface area contributed by atoms with Crippen molar-refractivity contribution in [2.75, 3.05) is 13.2 Å². The van der Waals surface area contributed by atoms with Gasteiger partial charge in [0.1, 0.15) is 13.2 Å². The van der Waals surface area contributed by atoms with Crippen LogP contribution in [0.5, 0.6) is 0 Å². The lowest BCUT2D eigenvalue weighted by Crippen LogP contribution is -2.30. The van der Waals surface area contributed by atoms with Crippen LogP contribution in [0.3, 0.4) is 0 Å². The number of rotatable bonds is 40. The number of unbranched alkanes of at least 4 members (excludes halogenated alkanes) is 29. The Balaban J connectivity index is 4.24. The monoisotopic (exact) mass is 709 g/mol. The maximum absolute atomic E-state index is 12.6. The molecular weight excluding hydrogens is 624 g/mol. The molecule has 0 amide bonds. The number of ether oxygens (including phenoxy) is 3. The van der Waals surface area contributed by atoms with Crippen LogP contribution in [0.4, 0.5) is 0 Å². The van der Waals surface area contributed by atoms with E-state index in [0.29, 0.717) is 19.3 Å². The first-order valence-electron chi connectivity index (χ1n) is 22.0. The largest absolute Gasteiger partial charge is 0.462 e. The second-order valence-corrected chi connectivity index (χ2v) is 15.0. The van der Waals surface area contributed by atoms with Crippen LogP contribution < -0.4 is 0 Å².